The Labute approximate surface area is 184 Å². The Balaban J connectivity index is 1.87. The lowest BCUT2D eigenvalue weighted by molar-refractivity contribution is -0.123. The SMILES string of the molecule is C[C@H](C(=O)NC(c1ccc(O)cc1)C1CCCN1C(=O)OC(C)(C)C)c1ccccc1. The molecule has 3 rings (SSSR count). The number of amides is 2. The molecule has 1 fully saturated rings. The number of rotatable bonds is 5. The fourth-order valence-electron chi connectivity index (χ4n) is 3.94. The number of phenolic OH excluding ortho intramolecular Hbond substituents is 1. The van der Waals surface area contributed by atoms with Crippen LogP contribution in [0.3, 0.4) is 0 Å². The van der Waals surface area contributed by atoms with E-state index >= 15 is 0 Å². The second-order valence-electron chi connectivity index (χ2n) is 9.09. The van der Waals surface area contributed by atoms with Crippen LogP contribution >= 0.6 is 0 Å². The van der Waals surface area contributed by atoms with Crippen LogP contribution in [0.1, 0.15) is 63.6 Å². The Morgan fingerprint density at radius 1 is 1.06 bits per heavy atom. The monoisotopic (exact) mass is 424 g/mol. The van der Waals surface area contributed by atoms with Gasteiger partial charge in [0.25, 0.3) is 0 Å². The van der Waals surface area contributed by atoms with Gasteiger partial charge in [0.15, 0.2) is 0 Å². The number of nitrogens with one attached hydrogen (secondary N) is 1. The Hall–Kier alpha value is -3.02. The highest BCUT2D eigenvalue weighted by Crippen LogP contribution is 2.32. The van der Waals surface area contributed by atoms with Crippen LogP contribution in [0.2, 0.25) is 0 Å². The molecule has 2 aromatic carbocycles. The van der Waals surface area contributed by atoms with Crippen LogP contribution in [0, 0.1) is 0 Å². The molecule has 2 amide bonds. The number of hydrogen-bond acceptors (Lipinski definition) is 4. The summed E-state index contributed by atoms with van der Waals surface area (Å²) < 4.78 is 5.61. The molecular formula is C25H32N2O4. The topological polar surface area (TPSA) is 78.9 Å². The summed E-state index contributed by atoms with van der Waals surface area (Å²) in [5, 5.41) is 12.9. The van der Waals surface area contributed by atoms with Crippen molar-refractivity contribution in [2.24, 2.45) is 0 Å². The van der Waals surface area contributed by atoms with Gasteiger partial charge in [-0.15, -0.1) is 0 Å². The number of benzene rings is 2. The zero-order valence-corrected chi connectivity index (χ0v) is 18.7. The first-order chi connectivity index (χ1) is 14.7. The van der Waals surface area contributed by atoms with Gasteiger partial charge in [-0.25, -0.2) is 4.79 Å². The Bertz CT molecular complexity index is 890. The van der Waals surface area contributed by atoms with Crippen molar-refractivity contribution in [2.75, 3.05) is 6.54 Å². The summed E-state index contributed by atoms with van der Waals surface area (Å²) in [7, 11) is 0. The number of likely N-dealkylation sites (tertiary alicyclic amines) is 1. The first kappa shape index (κ1) is 22.7. The third kappa shape index (κ3) is 5.78. The molecule has 3 atom stereocenters. The number of carbonyl (C=O) groups excluding carboxylic acids is 2. The molecule has 0 spiro atoms. The van der Waals surface area contributed by atoms with Gasteiger partial charge in [0.05, 0.1) is 18.0 Å². The van der Waals surface area contributed by atoms with Crippen LogP contribution in [-0.4, -0.2) is 40.2 Å². The number of aromatic hydroxyl groups is 1. The molecule has 2 unspecified atom stereocenters. The predicted octanol–water partition coefficient (Wildman–Crippen LogP) is 4.75. The predicted molar refractivity (Wildman–Crippen MR) is 120 cm³/mol. The van der Waals surface area contributed by atoms with Crippen molar-refractivity contribution >= 4 is 12.0 Å². The minimum Gasteiger partial charge on any atom is -0.508 e. The molecule has 1 aliphatic rings. The number of phenols is 1. The highest BCUT2D eigenvalue weighted by atomic mass is 16.6. The van der Waals surface area contributed by atoms with Crippen molar-refractivity contribution in [3.05, 3.63) is 65.7 Å². The first-order valence-electron chi connectivity index (χ1n) is 10.8. The summed E-state index contributed by atoms with van der Waals surface area (Å²) in [4.78, 5) is 27.7. The second kappa shape index (κ2) is 9.41. The van der Waals surface area contributed by atoms with Gasteiger partial charge in [0.2, 0.25) is 5.91 Å². The van der Waals surface area contributed by atoms with Gasteiger partial charge in [0, 0.05) is 6.54 Å². The number of hydrogen-bond donors (Lipinski definition) is 2. The summed E-state index contributed by atoms with van der Waals surface area (Å²) in [6, 6.07) is 15.8. The number of nitrogens with zero attached hydrogens (tertiary/aromatic N) is 1. The summed E-state index contributed by atoms with van der Waals surface area (Å²) in [5.74, 6) is -0.292. The van der Waals surface area contributed by atoms with Crippen molar-refractivity contribution < 1.29 is 19.4 Å². The van der Waals surface area contributed by atoms with Crippen LogP contribution in [0.25, 0.3) is 0 Å². The lowest BCUT2D eigenvalue weighted by atomic mass is 9.94. The quantitative estimate of drug-likeness (QED) is 0.726. The van der Waals surface area contributed by atoms with Gasteiger partial charge in [-0.3, -0.25) is 4.79 Å². The molecule has 0 bridgehead atoms. The summed E-state index contributed by atoms with van der Waals surface area (Å²) in [5.41, 5.74) is 1.18. The minimum absolute atomic E-state index is 0.111. The van der Waals surface area contributed by atoms with Crippen molar-refractivity contribution in [3.8, 4) is 5.75 Å². The third-order valence-electron chi connectivity index (χ3n) is 5.55. The largest absolute Gasteiger partial charge is 0.508 e. The molecule has 2 aromatic rings. The maximum Gasteiger partial charge on any atom is 0.410 e. The van der Waals surface area contributed by atoms with E-state index in [9.17, 15) is 14.7 Å². The molecule has 31 heavy (non-hydrogen) atoms. The zero-order valence-electron chi connectivity index (χ0n) is 18.7. The Kier molecular flexibility index (Phi) is 6.88. The second-order valence-corrected chi connectivity index (χ2v) is 9.09. The van der Waals surface area contributed by atoms with E-state index < -0.39 is 11.6 Å². The van der Waals surface area contributed by atoms with Crippen molar-refractivity contribution in [1.82, 2.24) is 10.2 Å². The molecule has 166 valence electrons. The van der Waals surface area contributed by atoms with Crippen LogP contribution in [0.5, 0.6) is 5.75 Å². The van der Waals surface area contributed by atoms with E-state index in [0.29, 0.717) is 6.54 Å². The fourth-order valence-corrected chi connectivity index (χ4v) is 3.94. The van der Waals surface area contributed by atoms with Gasteiger partial charge in [-0.1, -0.05) is 42.5 Å². The van der Waals surface area contributed by atoms with E-state index in [4.69, 9.17) is 4.74 Å². The molecule has 1 aliphatic heterocycles. The van der Waals surface area contributed by atoms with E-state index in [1.165, 1.54) is 0 Å². The average molecular weight is 425 g/mol. The van der Waals surface area contributed by atoms with Crippen molar-refractivity contribution in [2.45, 2.75) is 64.1 Å². The molecule has 0 radical (unpaired) electrons. The van der Waals surface area contributed by atoms with E-state index in [1.54, 1.807) is 29.2 Å². The summed E-state index contributed by atoms with van der Waals surface area (Å²) >= 11 is 0. The molecule has 1 saturated heterocycles. The molecule has 2 N–H and O–H groups in total. The molecule has 0 aromatic heterocycles. The van der Waals surface area contributed by atoms with Gasteiger partial charge >= 0.3 is 6.09 Å². The maximum atomic E-state index is 13.2. The molecule has 0 saturated carbocycles. The molecule has 1 heterocycles. The van der Waals surface area contributed by atoms with Crippen molar-refractivity contribution in [3.63, 3.8) is 0 Å². The highest BCUT2D eigenvalue weighted by Gasteiger charge is 2.39. The highest BCUT2D eigenvalue weighted by molar-refractivity contribution is 5.83. The smallest absolute Gasteiger partial charge is 0.410 e. The molecule has 6 nitrogen and oxygen atoms in total. The summed E-state index contributed by atoms with van der Waals surface area (Å²) in [6.45, 7) is 7.99. The summed E-state index contributed by atoms with van der Waals surface area (Å²) in [6.07, 6.45) is 1.22. The van der Waals surface area contributed by atoms with Gasteiger partial charge in [-0.05, 0) is 63.8 Å². The van der Waals surface area contributed by atoms with Gasteiger partial charge in [0.1, 0.15) is 11.4 Å². The molecule has 0 aliphatic carbocycles. The van der Waals surface area contributed by atoms with E-state index in [-0.39, 0.29) is 29.7 Å². The standard InChI is InChI=1S/C25H32N2O4/c1-17(18-9-6-5-7-10-18)23(29)26-22(19-12-14-20(28)15-13-19)21-11-8-16-27(21)24(30)31-25(2,3)4/h5-7,9-10,12-15,17,21-22,28H,8,11,16H2,1-4H3,(H,26,29)/t17-,21?,22?/m0/s1. The Morgan fingerprint density at radius 3 is 2.32 bits per heavy atom. The van der Waals surface area contributed by atoms with Crippen LogP contribution in [0.4, 0.5) is 4.79 Å². The Morgan fingerprint density at radius 2 is 1.71 bits per heavy atom. The van der Waals surface area contributed by atoms with Crippen LogP contribution in [0.15, 0.2) is 54.6 Å². The minimum atomic E-state index is -0.594. The lowest BCUT2D eigenvalue weighted by Gasteiger charge is -2.34. The fraction of sp³-hybridized carbons (Fsp3) is 0.440. The zero-order chi connectivity index (χ0) is 22.6. The van der Waals surface area contributed by atoms with Gasteiger partial charge < -0.3 is 20.1 Å². The van der Waals surface area contributed by atoms with Crippen LogP contribution < -0.4 is 5.32 Å². The van der Waals surface area contributed by atoms with Crippen molar-refractivity contribution in [1.29, 1.82) is 0 Å². The molecule has 6 heteroatoms. The number of ether oxygens (including phenoxy) is 1. The molecular weight excluding hydrogens is 392 g/mol. The third-order valence-corrected chi connectivity index (χ3v) is 5.55. The first-order valence-corrected chi connectivity index (χ1v) is 10.8. The normalized spacial score (nSPS) is 18.3. The average Bonchev–Trinajstić information content (AvgIpc) is 3.21. The number of carbonyl (C=O) groups is 2. The van der Waals surface area contributed by atoms with Crippen LogP contribution in [-0.2, 0) is 9.53 Å². The van der Waals surface area contributed by atoms with Gasteiger partial charge in [-0.2, -0.15) is 0 Å². The lowest BCUT2D eigenvalue weighted by Crippen LogP contribution is -2.47. The van der Waals surface area contributed by atoms with E-state index in [0.717, 1.165) is 24.0 Å². The maximum absolute atomic E-state index is 13.2. The van der Waals surface area contributed by atoms with E-state index in [1.807, 2.05) is 58.0 Å². The van der Waals surface area contributed by atoms with E-state index in [2.05, 4.69) is 5.32 Å².